The van der Waals surface area contributed by atoms with E-state index in [9.17, 15) is 8.42 Å². The Morgan fingerprint density at radius 2 is 2.26 bits per heavy atom. The molecule has 7 nitrogen and oxygen atoms in total. The first-order chi connectivity index (χ1) is 9.00. The summed E-state index contributed by atoms with van der Waals surface area (Å²) in [5.41, 5.74) is 0.589. The van der Waals surface area contributed by atoms with E-state index in [1.807, 2.05) is 0 Å². The average Bonchev–Trinajstić information content (AvgIpc) is 2.83. The Morgan fingerprint density at radius 1 is 1.47 bits per heavy atom. The first kappa shape index (κ1) is 13.8. The zero-order valence-corrected chi connectivity index (χ0v) is 12.3. The highest BCUT2D eigenvalue weighted by molar-refractivity contribution is 9.10. The van der Waals surface area contributed by atoms with E-state index in [2.05, 4.69) is 35.8 Å². The van der Waals surface area contributed by atoms with E-state index < -0.39 is 10.0 Å². The van der Waals surface area contributed by atoms with Crippen molar-refractivity contribution in [3.8, 4) is 5.75 Å². The van der Waals surface area contributed by atoms with E-state index in [1.54, 1.807) is 18.2 Å². The highest BCUT2D eigenvalue weighted by Gasteiger charge is 2.15. The van der Waals surface area contributed by atoms with E-state index >= 15 is 0 Å². The van der Waals surface area contributed by atoms with E-state index in [0.717, 1.165) is 0 Å². The normalized spacial score (nSPS) is 11.3. The summed E-state index contributed by atoms with van der Waals surface area (Å²) in [7, 11) is -2.05. The van der Waals surface area contributed by atoms with Crippen molar-refractivity contribution < 1.29 is 13.2 Å². The number of aromatic nitrogens is 3. The smallest absolute Gasteiger partial charge is 0.239 e. The van der Waals surface area contributed by atoms with Gasteiger partial charge in [0.1, 0.15) is 12.1 Å². The van der Waals surface area contributed by atoms with Crippen molar-refractivity contribution in [1.29, 1.82) is 0 Å². The summed E-state index contributed by atoms with van der Waals surface area (Å²) in [4.78, 5) is 3.71. The fourth-order valence-electron chi connectivity index (χ4n) is 1.43. The second-order valence-electron chi connectivity index (χ2n) is 3.65. The van der Waals surface area contributed by atoms with Gasteiger partial charge >= 0.3 is 0 Å². The largest absolute Gasteiger partial charge is 0.497 e. The number of hydrogen-bond acceptors (Lipinski definition) is 5. The number of halogens is 1. The van der Waals surface area contributed by atoms with E-state index in [0.29, 0.717) is 15.8 Å². The Balaban J connectivity index is 2.20. The Kier molecular flexibility index (Phi) is 4.05. The average molecular weight is 347 g/mol. The van der Waals surface area contributed by atoms with Crippen molar-refractivity contribution in [2.24, 2.45) is 0 Å². The second-order valence-corrected chi connectivity index (χ2v) is 6.23. The summed E-state index contributed by atoms with van der Waals surface area (Å²) >= 11 is 3.31. The summed E-state index contributed by atoms with van der Waals surface area (Å²) in [6.07, 6.45) is 1.22. The molecule has 0 bridgehead atoms. The lowest BCUT2D eigenvalue weighted by molar-refractivity contribution is 0.414. The molecule has 0 aliphatic carbocycles. The van der Waals surface area contributed by atoms with Crippen LogP contribution in [0.4, 0.5) is 5.95 Å². The third kappa shape index (κ3) is 3.67. The Hall–Kier alpha value is -1.61. The van der Waals surface area contributed by atoms with Gasteiger partial charge in [-0.15, -0.1) is 0 Å². The first-order valence-electron chi connectivity index (χ1n) is 5.18. The summed E-state index contributed by atoms with van der Waals surface area (Å²) < 4.78 is 32.0. The molecule has 9 heteroatoms. The van der Waals surface area contributed by atoms with Gasteiger partial charge in [-0.25, -0.2) is 13.5 Å². The van der Waals surface area contributed by atoms with Gasteiger partial charge in [-0.3, -0.25) is 4.72 Å². The van der Waals surface area contributed by atoms with Crippen LogP contribution in [0.2, 0.25) is 0 Å². The van der Waals surface area contributed by atoms with Crippen LogP contribution in [0.5, 0.6) is 5.75 Å². The van der Waals surface area contributed by atoms with Crippen LogP contribution in [0, 0.1) is 0 Å². The molecule has 19 heavy (non-hydrogen) atoms. The minimum absolute atomic E-state index is 0.0824. The van der Waals surface area contributed by atoms with Gasteiger partial charge in [-0.05, 0) is 23.8 Å². The maximum absolute atomic E-state index is 12.0. The highest BCUT2D eigenvalue weighted by atomic mass is 79.9. The molecule has 0 fully saturated rings. The molecule has 102 valence electrons. The zero-order chi connectivity index (χ0) is 13.9. The molecule has 2 rings (SSSR count). The second kappa shape index (κ2) is 5.57. The van der Waals surface area contributed by atoms with Gasteiger partial charge in [0.25, 0.3) is 0 Å². The quantitative estimate of drug-likeness (QED) is 0.855. The van der Waals surface area contributed by atoms with Gasteiger partial charge in [-0.1, -0.05) is 15.9 Å². The predicted molar refractivity (Wildman–Crippen MR) is 73.3 cm³/mol. The SMILES string of the molecule is COc1ccc(Br)c(CS(=O)(=O)Nc2ncn[nH]2)c1. The Bertz CT molecular complexity index is 657. The van der Waals surface area contributed by atoms with Crippen molar-refractivity contribution in [1.82, 2.24) is 15.2 Å². The number of aromatic amines is 1. The molecule has 0 saturated heterocycles. The highest BCUT2D eigenvalue weighted by Crippen LogP contribution is 2.24. The zero-order valence-electron chi connectivity index (χ0n) is 9.92. The maximum atomic E-state index is 12.0. The molecule has 1 heterocycles. The lowest BCUT2D eigenvalue weighted by Gasteiger charge is -2.08. The van der Waals surface area contributed by atoms with Crippen molar-refractivity contribution >= 4 is 31.9 Å². The third-order valence-electron chi connectivity index (χ3n) is 2.27. The molecule has 0 aliphatic heterocycles. The fourth-order valence-corrected chi connectivity index (χ4v) is 3.12. The fraction of sp³-hybridized carbons (Fsp3) is 0.200. The van der Waals surface area contributed by atoms with Crippen LogP contribution < -0.4 is 9.46 Å². The predicted octanol–water partition coefficient (Wildman–Crippen LogP) is 1.52. The molecule has 0 spiro atoms. The number of anilines is 1. The van der Waals surface area contributed by atoms with Crippen LogP contribution in [0.3, 0.4) is 0 Å². The van der Waals surface area contributed by atoms with Crippen molar-refractivity contribution in [3.63, 3.8) is 0 Å². The Labute approximate surface area is 118 Å². The van der Waals surface area contributed by atoms with Crippen LogP contribution in [-0.4, -0.2) is 30.7 Å². The van der Waals surface area contributed by atoms with Gasteiger partial charge in [0.2, 0.25) is 16.0 Å². The molecule has 1 aromatic carbocycles. The minimum atomic E-state index is -3.57. The topological polar surface area (TPSA) is 97.0 Å². The molecule has 0 amide bonds. The van der Waals surface area contributed by atoms with Crippen LogP contribution >= 0.6 is 15.9 Å². The minimum Gasteiger partial charge on any atom is -0.497 e. The number of nitrogens with one attached hydrogen (secondary N) is 2. The van der Waals surface area contributed by atoms with Crippen LogP contribution in [0.1, 0.15) is 5.56 Å². The van der Waals surface area contributed by atoms with Gasteiger partial charge in [-0.2, -0.15) is 10.1 Å². The van der Waals surface area contributed by atoms with Crippen LogP contribution in [0.25, 0.3) is 0 Å². The summed E-state index contributed by atoms with van der Waals surface area (Å²) in [5.74, 6) is 0.470. The number of methoxy groups -OCH3 is 1. The van der Waals surface area contributed by atoms with Crippen LogP contribution in [-0.2, 0) is 15.8 Å². The molecular formula is C10H11BrN4O3S. The summed E-state index contributed by atoms with van der Waals surface area (Å²) in [6.45, 7) is 0. The molecule has 0 atom stereocenters. The van der Waals surface area contributed by atoms with Crippen LogP contribution in [0.15, 0.2) is 29.0 Å². The van der Waals surface area contributed by atoms with Crippen molar-refractivity contribution in [2.75, 3.05) is 11.8 Å². The van der Waals surface area contributed by atoms with Gasteiger partial charge in [0.15, 0.2) is 0 Å². The monoisotopic (exact) mass is 346 g/mol. The molecule has 0 aliphatic rings. The number of rotatable bonds is 5. The lowest BCUT2D eigenvalue weighted by atomic mass is 10.2. The number of nitrogens with zero attached hydrogens (tertiary/aromatic N) is 2. The summed E-state index contributed by atoms with van der Waals surface area (Å²) in [5, 5.41) is 5.99. The van der Waals surface area contributed by atoms with Gasteiger partial charge < -0.3 is 4.74 Å². The number of sulfonamides is 1. The van der Waals surface area contributed by atoms with E-state index in [-0.39, 0.29) is 11.7 Å². The molecule has 0 unspecified atom stereocenters. The summed E-state index contributed by atoms with van der Waals surface area (Å²) in [6, 6.07) is 5.13. The first-order valence-corrected chi connectivity index (χ1v) is 7.63. The number of H-pyrrole nitrogens is 1. The molecule has 2 N–H and O–H groups in total. The van der Waals surface area contributed by atoms with Gasteiger partial charge in [0, 0.05) is 4.47 Å². The molecule has 0 saturated carbocycles. The molecule has 0 radical (unpaired) electrons. The molecule has 2 aromatic rings. The van der Waals surface area contributed by atoms with Crippen molar-refractivity contribution in [3.05, 3.63) is 34.6 Å². The molecular weight excluding hydrogens is 336 g/mol. The number of ether oxygens (including phenoxy) is 1. The number of hydrogen-bond donors (Lipinski definition) is 2. The lowest BCUT2D eigenvalue weighted by Crippen LogP contribution is -2.16. The standard InChI is InChI=1S/C10H11BrN4O3S/c1-18-8-2-3-9(11)7(4-8)5-19(16,17)15-10-12-6-13-14-10/h2-4,6H,5H2,1H3,(H2,12,13,14,15). The maximum Gasteiger partial charge on any atom is 0.239 e. The van der Waals surface area contributed by atoms with Gasteiger partial charge in [0.05, 0.1) is 12.9 Å². The number of benzene rings is 1. The molecule has 1 aromatic heterocycles. The third-order valence-corrected chi connectivity index (χ3v) is 4.23. The van der Waals surface area contributed by atoms with E-state index in [4.69, 9.17) is 4.74 Å². The Morgan fingerprint density at radius 3 is 2.89 bits per heavy atom. The van der Waals surface area contributed by atoms with Crippen molar-refractivity contribution in [2.45, 2.75) is 5.75 Å². The van der Waals surface area contributed by atoms with E-state index in [1.165, 1.54) is 13.4 Å².